The molecule has 0 radical (unpaired) electrons. The summed E-state index contributed by atoms with van der Waals surface area (Å²) in [5.74, 6) is 0. The van der Waals surface area contributed by atoms with Crippen molar-refractivity contribution in [2.24, 2.45) is 0 Å². The molecular weight excluding hydrogens is 104 g/mol. The third-order valence-corrected chi connectivity index (χ3v) is 0.532. The first-order valence-corrected chi connectivity index (χ1v) is 2.35. The van der Waals surface area contributed by atoms with E-state index >= 15 is 0 Å². The molecule has 36 valence electrons. The lowest BCUT2D eigenvalue weighted by Crippen LogP contribution is -1.73. The monoisotopic (exact) mass is 108 g/mol. The molecular formula is C2H4O3S. The van der Waals surface area contributed by atoms with Crippen molar-refractivity contribution in [3.05, 3.63) is 11.7 Å². The van der Waals surface area contributed by atoms with Gasteiger partial charge in [0.25, 0.3) is 0 Å². The molecule has 0 aliphatic carbocycles. The van der Waals surface area contributed by atoms with Crippen LogP contribution >= 0.6 is 0 Å². The molecule has 0 heterocycles. The molecule has 0 aliphatic rings. The van der Waals surface area contributed by atoms with E-state index in [0.717, 1.165) is 5.41 Å². The molecule has 0 bridgehead atoms. The second-order valence-corrected chi connectivity index (χ2v) is 1.39. The number of aliphatic hydroxyl groups excluding tert-OH is 1. The highest BCUT2D eigenvalue weighted by Crippen LogP contribution is 1.70. The largest absolute Gasteiger partial charge is 0.515 e. The van der Waals surface area contributed by atoms with Gasteiger partial charge in [0.15, 0.2) is 11.1 Å². The van der Waals surface area contributed by atoms with Crippen molar-refractivity contribution in [3.8, 4) is 0 Å². The van der Waals surface area contributed by atoms with E-state index in [2.05, 4.69) is 0 Å². The number of hydrogen-bond donors (Lipinski definition) is 2. The highest BCUT2D eigenvalue weighted by Gasteiger charge is 1.73. The van der Waals surface area contributed by atoms with Crippen LogP contribution in [0.2, 0.25) is 0 Å². The van der Waals surface area contributed by atoms with Crippen LogP contribution in [0.3, 0.4) is 0 Å². The third kappa shape index (κ3) is 3.65. The van der Waals surface area contributed by atoms with Crippen LogP contribution in [-0.4, -0.2) is 13.9 Å². The van der Waals surface area contributed by atoms with E-state index in [1.807, 2.05) is 0 Å². The van der Waals surface area contributed by atoms with Crippen LogP contribution in [0, 0.1) is 0 Å². The van der Waals surface area contributed by atoms with Crippen molar-refractivity contribution < 1.29 is 13.9 Å². The van der Waals surface area contributed by atoms with E-state index in [1.165, 1.54) is 0 Å². The summed E-state index contributed by atoms with van der Waals surface area (Å²) in [4.78, 5) is 0. The van der Waals surface area contributed by atoms with E-state index in [0.29, 0.717) is 6.26 Å². The fourth-order valence-corrected chi connectivity index (χ4v) is 0.156. The van der Waals surface area contributed by atoms with Gasteiger partial charge in [-0.05, 0) is 0 Å². The van der Waals surface area contributed by atoms with Crippen molar-refractivity contribution in [1.29, 1.82) is 0 Å². The van der Waals surface area contributed by atoms with Crippen LogP contribution in [0.1, 0.15) is 0 Å². The van der Waals surface area contributed by atoms with E-state index < -0.39 is 11.1 Å². The van der Waals surface area contributed by atoms with Crippen LogP contribution < -0.4 is 0 Å². The van der Waals surface area contributed by atoms with Crippen molar-refractivity contribution >= 4 is 11.1 Å². The van der Waals surface area contributed by atoms with Crippen LogP contribution in [0.25, 0.3) is 0 Å². The molecule has 2 N–H and O–H groups in total. The van der Waals surface area contributed by atoms with Crippen molar-refractivity contribution in [2.75, 3.05) is 0 Å². The van der Waals surface area contributed by atoms with E-state index in [-0.39, 0.29) is 0 Å². The molecule has 4 heteroatoms. The second kappa shape index (κ2) is 2.87. The molecule has 0 saturated heterocycles. The number of aliphatic hydroxyl groups is 1. The zero-order chi connectivity index (χ0) is 4.99. The van der Waals surface area contributed by atoms with Crippen LogP contribution in [0.4, 0.5) is 0 Å². The van der Waals surface area contributed by atoms with Gasteiger partial charge in [-0.1, -0.05) is 0 Å². The Bertz CT molecular complexity index is 76.9. The first kappa shape index (κ1) is 5.65. The maximum atomic E-state index is 9.46. The topological polar surface area (TPSA) is 57.5 Å². The lowest BCUT2D eigenvalue weighted by molar-refractivity contribution is 0.473. The summed E-state index contributed by atoms with van der Waals surface area (Å²) in [7, 11) is 0. The van der Waals surface area contributed by atoms with Crippen LogP contribution in [-0.2, 0) is 11.1 Å². The fraction of sp³-hybridized carbons (Fsp3) is 0. The summed E-state index contributed by atoms with van der Waals surface area (Å²) in [5, 5.41) is 8.45. The van der Waals surface area contributed by atoms with E-state index in [9.17, 15) is 4.21 Å². The maximum Gasteiger partial charge on any atom is 0.182 e. The minimum Gasteiger partial charge on any atom is -0.515 e. The first-order chi connectivity index (χ1) is 2.77. The summed E-state index contributed by atoms with van der Waals surface area (Å²) in [6.45, 7) is 0. The Kier molecular flexibility index (Phi) is 2.70. The minimum atomic E-state index is -2.00. The predicted octanol–water partition coefficient (Wildman–Crippen LogP) is 0.237. The van der Waals surface area contributed by atoms with Crippen LogP contribution in [0.15, 0.2) is 11.7 Å². The number of rotatable bonds is 1. The van der Waals surface area contributed by atoms with Gasteiger partial charge in [-0.15, -0.1) is 0 Å². The summed E-state index contributed by atoms with van der Waals surface area (Å²) >= 11 is -2.00. The van der Waals surface area contributed by atoms with Gasteiger partial charge in [0, 0.05) is 0 Å². The van der Waals surface area contributed by atoms with Crippen molar-refractivity contribution in [2.45, 2.75) is 0 Å². The van der Waals surface area contributed by atoms with Gasteiger partial charge in [0.1, 0.15) is 0 Å². The Morgan fingerprint density at radius 3 is 2.17 bits per heavy atom. The van der Waals surface area contributed by atoms with Gasteiger partial charge in [-0.3, -0.25) is 0 Å². The van der Waals surface area contributed by atoms with Crippen molar-refractivity contribution in [3.63, 3.8) is 0 Å². The molecule has 0 aliphatic heterocycles. The summed E-state index contributed by atoms with van der Waals surface area (Å²) in [6, 6.07) is 0. The van der Waals surface area contributed by atoms with Crippen LogP contribution in [0.5, 0.6) is 0 Å². The van der Waals surface area contributed by atoms with E-state index in [4.69, 9.17) is 9.66 Å². The zero-order valence-electron chi connectivity index (χ0n) is 2.87. The zero-order valence-corrected chi connectivity index (χ0v) is 3.68. The molecule has 0 aromatic carbocycles. The lowest BCUT2D eigenvalue weighted by Gasteiger charge is -1.69. The Morgan fingerprint density at radius 2 is 2.17 bits per heavy atom. The molecule has 0 fully saturated rings. The van der Waals surface area contributed by atoms with Gasteiger partial charge in [-0.25, -0.2) is 4.21 Å². The summed E-state index contributed by atoms with van der Waals surface area (Å²) < 4.78 is 17.2. The van der Waals surface area contributed by atoms with Gasteiger partial charge in [-0.2, -0.15) is 0 Å². The Morgan fingerprint density at radius 1 is 1.67 bits per heavy atom. The molecule has 0 rings (SSSR count). The van der Waals surface area contributed by atoms with Gasteiger partial charge < -0.3 is 9.66 Å². The fourth-order valence-electron chi connectivity index (χ4n) is 0.0521. The standard InChI is InChI=1S/C2H4O3S/c3-1-2-6(4)5/h1-3H,(H,4,5). The average molecular weight is 108 g/mol. The van der Waals surface area contributed by atoms with Crippen molar-refractivity contribution in [1.82, 2.24) is 0 Å². The van der Waals surface area contributed by atoms with E-state index in [1.54, 1.807) is 0 Å². The quantitative estimate of drug-likeness (QED) is 0.373. The molecule has 3 nitrogen and oxygen atoms in total. The highest BCUT2D eigenvalue weighted by atomic mass is 32.2. The number of hydrogen-bond acceptors (Lipinski definition) is 2. The molecule has 0 saturated carbocycles. The van der Waals surface area contributed by atoms with Gasteiger partial charge in [0.2, 0.25) is 0 Å². The van der Waals surface area contributed by atoms with Gasteiger partial charge >= 0.3 is 0 Å². The SMILES string of the molecule is O=S(O)C=CO. The second-order valence-electron chi connectivity index (χ2n) is 0.561. The molecule has 1 atom stereocenters. The third-order valence-electron chi connectivity index (χ3n) is 0.177. The molecule has 0 aromatic rings. The maximum absolute atomic E-state index is 9.46. The lowest BCUT2D eigenvalue weighted by atomic mass is 11.2. The summed E-state index contributed by atoms with van der Waals surface area (Å²) in [6.07, 6.45) is 0.524. The first-order valence-electron chi connectivity index (χ1n) is 1.18. The summed E-state index contributed by atoms with van der Waals surface area (Å²) in [5.41, 5.74) is 0. The predicted molar refractivity (Wildman–Crippen MR) is 22.5 cm³/mol. The normalized spacial score (nSPS) is 15.5. The smallest absolute Gasteiger partial charge is 0.182 e. The molecule has 0 aromatic heterocycles. The average Bonchev–Trinajstić information content (AvgIpc) is 1.35. The minimum absolute atomic E-state index is 0.524. The Hall–Kier alpha value is -0.350. The Labute approximate surface area is 37.6 Å². The molecule has 0 spiro atoms. The molecule has 1 unspecified atom stereocenters. The Balaban J connectivity index is 3.30. The molecule has 6 heavy (non-hydrogen) atoms. The molecule has 0 amide bonds. The van der Waals surface area contributed by atoms with Gasteiger partial charge in [0.05, 0.1) is 11.7 Å². The highest BCUT2D eigenvalue weighted by molar-refractivity contribution is 7.82.